The van der Waals surface area contributed by atoms with Crippen LogP contribution in [0.3, 0.4) is 0 Å². The highest BCUT2D eigenvalue weighted by molar-refractivity contribution is 6.01. The maximum absolute atomic E-state index is 13.5. The summed E-state index contributed by atoms with van der Waals surface area (Å²) in [5.74, 6) is -0.300. The van der Waals surface area contributed by atoms with Crippen molar-refractivity contribution in [2.45, 2.75) is 46.8 Å². The molecule has 4 heteroatoms. The van der Waals surface area contributed by atoms with Gasteiger partial charge in [0.15, 0.2) is 5.60 Å². The molecule has 0 amide bonds. The van der Waals surface area contributed by atoms with Crippen molar-refractivity contribution in [2.75, 3.05) is 18.0 Å². The Morgan fingerprint density at radius 1 is 0.833 bits per heavy atom. The van der Waals surface area contributed by atoms with E-state index in [0.717, 1.165) is 53.1 Å². The molecule has 1 aliphatic rings. The van der Waals surface area contributed by atoms with Gasteiger partial charge in [-0.25, -0.2) is 4.79 Å². The number of hydrogen-bond donors (Lipinski definition) is 0. The highest BCUT2D eigenvalue weighted by atomic mass is 16.6. The molecule has 0 saturated heterocycles. The zero-order valence-electron chi connectivity index (χ0n) is 25.1. The summed E-state index contributed by atoms with van der Waals surface area (Å²) in [6, 6.07) is 33.6. The first-order chi connectivity index (χ1) is 20.4. The molecule has 0 N–H and O–H groups in total. The van der Waals surface area contributed by atoms with Crippen LogP contribution in [0.5, 0.6) is 0 Å². The van der Waals surface area contributed by atoms with Crippen LogP contribution in [-0.4, -0.2) is 23.6 Å². The summed E-state index contributed by atoms with van der Waals surface area (Å²) in [6.45, 7) is 13.5. The van der Waals surface area contributed by atoms with Crippen LogP contribution in [0.1, 0.15) is 64.6 Å². The standard InChI is InChI=1S/C38H38N2O2/c1-6-39(7-2)30-23-21-29(22-24-30)38(34-15-11-9-13-31(34)37(41)42-38)25-33(28-19-17-26(4)18-20-28)36-27(5)40(8-3)35-16-12-10-14-32(35)36/h9-25H,6-8H2,1-5H3/b33-25+. The average molecular weight is 555 g/mol. The van der Waals surface area contributed by atoms with E-state index in [1.807, 2.05) is 24.3 Å². The van der Waals surface area contributed by atoms with Crippen molar-refractivity contribution < 1.29 is 9.53 Å². The number of esters is 1. The van der Waals surface area contributed by atoms with Crippen molar-refractivity contribution in [3.63, 3.8) is 0 Å². The van der Waals surface area contributed by atoms with Gasteiger partial charge in [-0.3, -0.25) is 0 Å². The van der Waals surface area contributed by atoms with Gasteiger partial charge in [0.05, 0.1) is 5.56 Å². The SMILES string of the molecule is CCN(CC)c1ccc(C2(/C=C(\c3ccc(C)cc3)c3c(C)n(CC)c4ccccc34)OC(=O)c3ccccc32)cc1. The molecule has 0 saturated carbocycles. The highest BCUT2D eigenvalue weighted by Gasteiger charge is 2.46. The summed E-state index contributed by atoms with van der Waals surface area (Å²) in [5.41, 5.74) is 9.36. The number of fused-ring (bicyclic) bond motifs is 2. The molecule has 5 aromatic rings. The second-order valence-electron chi connectivity index (χ2n) is 11.0. The van der Waals surface area contributed by atoms with Gasteiger partial charge >= 0.3 is 5.97 Å². The molecule has 42 heavy (non-hydrogen) atoms. The Labute approximate surface area is 248 Å². The minimum Gasteiger partial charge on any atom is -0.441 e. The van der Waals surface area contributed by atoms with Crippen LogP contribution >= 0.6 is 0 Å². The Balaban J connectivity index is 1.68. The van der Waals surface area contributed by atoms with Crippen molar-refractivity contribution in [2.24, 2.45) is 0 Å². The van der Waals surface area contributed by atoms with Gasteiger partial charge in [0, 0.05) is 58.6 Å². The molecule has 1 atom stereocenters. The number of benzene rings is 4. The van der Waals surface area contributed by atoms with Crippen LogP contribution < -0.4 is 4.90 Å². The molecule has 212 valence electrons. The van der Waals surface area contributed by atoms with Crippen molar-refractivity contribution >= 4 is 28.1 Å². The molecule has 0 bridgehead atoms. The van der Waals surface area contributed by atoms with Gasteiger partial charge in [-0.15, -0.1) is 0 Å². The number of rotatable bonds is 8. The predicted molar refractivity (Wildman–Crippen MR) is 173 cm³/mol. The van der Waals surface area contributed by atoms with Gasteiger partial charge in [0.1, 0.15) is 0 Å². The number of carbonyl (C=O) groups is 1. The number of para-hydroxylation sites is 1. The summed E-state index contributed by atoms with van der Waals surface area (Å²) in [4.78, 5) is 15.8. The normalized spacial score (nSPS) is 16.5. The number of aryl methyl sites for hydroxylation is 2. The lowest BCUT2D eigenvalue weighted by atomic mass is 9.81. The van der Waals surface area contributed by atoms with E-state index in [4.69, 9.17) is 4.74 Å². The molecular formula is C38H38N2O2. The topological polar surface area (TPSA) is 34.5 Å². The summed E-state index contributed by atoms with van der Waals surface area (Å²) in [7, 11) is 0. The molecule has 4 nitrogen and oxygen atoms in total. The van der Waals surface area contributed by atoms with Gasteiger partial charge in [-0.1, -0.05) is 78.4 Å². The third-order valence-electron chi connectivity index (χ3n) is 8.75. The fraction of sp³-hybridized carbons (Fsp3) is 0.237. The lowest BCUT2D eigenvalue weighted by molar-refractivity contribution is 0.0276. The van der Waals surface area contributed by atoms with Gasteiger partial charge in [-0.05, 0) is 76.1 Å². The number of aromatic nitrogens is 1. The van der Waals surface area contributed by atoms with Gasteiger partial charge in [0.25, 0.3) is 0 Å². The van der Waals surface area contributed by atoms with Gasteiger partial charge < -0.3 is 14.2 Å². The molecule has 1 unspecified atom stereocenters. The van der Waals surface area contributed by atoms with Crippen molar-refractivity contribution in [3.8, 4) is 0 Å². The molecule has 1 aliphatic heterocycles. The third-order valence-corrected chi connectivity index (χ3v) is 8.75. The van der Waals surface area contributed by atoms with Crippen molar-refractivity contribution in [1.29, 1.82) is 0 Å². The zero-order valence-corrected chi connectivity index (χ0v) is 25.1. The Morgan fingerprint density at radius 2 is 1.50 bits per heavy atom. The van der Waals surface area contributed by atoms with Crippen LogP contribution in [0.25, 0.3) is 16.5 Å². The van der Waals surface area contributed by atoms with Crippen molar-refractivity contribution in [1.82, 2.24) is 4.57 Å². The Kier molecular flexibility index (Phi) is 7.24. The van der Waals surface area contributed by atoms with E-state index < -0.39 is 5.60 Å². The third kappa shape index (κ3) is 4.42. The van der Waals surface area contributed by atoms with Crippen LogP contribution in [-0.2, 0) is 16.9 Å². The van der Waals surface area contributed by atoms with E-state index in [-0.39, 0.29) is 5.97 Å². The predicted octanol–water partition coefficient (Wildman–Crippen LogP) is 8.67. The van der Waals surface area contributed by atoms with E-state index in [0.29, 0.717) is 5.56 Å². The summed E-state index contributed by atoms with van der Waals surface area (Å²) < 4.78 is 8.87. The Bertz CT molecular complexity index is 1790. The number of hydrogen-bond acceptors (Lipinski definition) is 3. The number of ether oxygens (including phenoxy) is 1. The van der Waals surface area contributed by atoms with Gasteiger partial charge in [-0.2, -0.15) is 0 Å². The molecule has 2 heterocycles. The first kappa shape index (κ1) is 27.6. The minimum atomic E-state index is -1.09. The molecule has 4 aromatic carbocycles. The smallest absolute Gasteiger partial charge is 0.340 e. The summed E-state index contributed by atoms with van der Waals surface area (Å²) in [6.07, 6.45) is 2.20. The van der Waals surface area contributed by atoms with E-state index in [9.17, 15) is 4.79 Å². The van der Waals surface area contributed by atoms with E-state index in [1.54, 1.807) is 0 Å². The minimum absolute atomic E-state index is 0.300. The second kappa shape index (κ2) is 11.0. The first-order valence-electron chi connectivity index (χ1n) is 15.0. The van der Waals surface area contributed by atoms with Crippen LogP contribution in [0, 0.1) is 13.8 Å². The molecule has 0 fully saturated rings. The Hall–Kier alpha value is -4.57. The highest BCUT2D eigenvalue weighted by Crippen LogP contribution is 2.47. The van der Waals surface area contributed by atoms with Crippen LogP contribution in [0.15, 0.2) is 103 Å². The maximum atomic E-state index is 13.5. The average Bonchev–Trinajstić information content (AvgIpc) is 3.47. The molecular weight excluding hydrogens is 516 g/mol. The van der Waals surface area contributed by atoms with Gasteiger partial charge in [0.2, 0.25) is 0 Å². The molecule has 6 rings (SSSR count). The van der Waals surface area contributed by atoms with E-state index in [1.165, 1.54) is 22.2 Å². The maximum Gasteiger partial charge on any atom is 0.340 e. The number of nitrogens with zero attached hydrogens (tertiary/aromatic N) is 2. The summed E-state index contributed by atoms with van der Waals surface area (Å²) in [5, 5.41) is 1.19. The molecule has 0 spiro atoms. The van der Waals surface area contributed by atoms with E-state index >= 15 is 0 Å². The van der Waals surface area contributed by atoms with Crippen molar-refractivity contribution in [3.05, 3.63) is 142 Å². The quantitative estimate of drug-likeness (QED) is 0.180. The molecule has 1 aromatic heterocycles. The summed E-state index contributed by atoms with van der Waals surface area (Å²) >= 11 is 0. The zero-order chi connectivity index (χ0) is 29.4. The van der Waals surface area contributed by atoms with Crippen LogP contribution in [0.2, 0.25) is 0 Å². The number of anilines is 1. The fourth-order valence-corrected chi connectivity index (χ4v) is 6.57. The first-order valence-corrected chi connectivity index (χ1v) is 15.0. The van der Waals surface area contributed by atoms with Crippen LogP contribution in [0.4, 0.5) is 5.69 Å². The Morgan fingerprint density at radius 3 is 2.19 bits per heavy atom. The fourth-order valence-electron chi connectivity index (χ4n) is 6.57. The molecule has 0 aliphatic carbocycles. The monoisotopic (exact) mass is 554 g/mol. The largest absolute Gasteiger partial charge is 0.441 e. The second-order valence-corrected chi connectivity index (χ2v) is 11.0. The lowest BCUT2D eigenvalue weighted by Crippen LogP contribution is -2.27. The number of cyclic esters (lactones) is 1. The molecule has 0 radical (unpaired) electrons. The number of carbonyl (C=O) groups excluding carboxylic acids is 1. The lowest BCUT2D eigenvalue weighted by Gasteiger charge is -2.29. The van der Waals surface area contributed by atoms with E-state index in [2.05, 4.69) is 123 Å².